The number of imidazole rings is 2. The van der Waals surface area contributed by atoms with Gasteiger partial charge in [0.05, 0.1) is 32.6 Å². The van der Waals surface area contributed by atoms with Crippen LogP contribution in [0.15, 0.2) is 170 Å². The number of carboxylic acids is 2. The lowest BCUT2D eigenvalue weighted by atomic mass is 10.1. The zero-order chi connectivity index (χ0) is 105. The lowest BCUT2D eigenvalue weighted by Crippen LogP contribution is -2.49. The number of aliphatic carboxylic acids is 2. The molecular formula is C96H120N22O24S3. The minimum Gasteiger partial charge on any atom is -0.480 e. The number of hydrogen-bond acceptors (Lipinski definition) is 28. The second-order valence-corrected chi connectivity index (χ2v) is 38.8. The van der Waals surface area contributed by atoms with E-state index in [-0.39, 0.29) is 196 Å². The molecule has 0 unspecified atom stereocenters. The van der Waals surface area contributed by atoms with Crippen LogP contribution in [0.1, 0.15) is 158 Å². The molecule has 0 bridgehead atoms. The third kappa shape index (κ3) is 34.7. The van der Waals surface area contributed by atoms with Crippen LogP contribution < -0.4 is 84.2 Å². The largest absolute Gasteiger partial charge is 0.480 e. The molecular weight excluding hydrogens is 1940 g/mol. The Morgan fingerprint density at radius 3 is 1.27 bits per heavy atom. The highest BCUT2D eigenvalue weighted by atomic mass is 32.2. The number of H-pyrrole nitrogens is 2. The lowest BCUT2D eigenvalue weighted by molar-refractivity contribution is -0.139. The van der Waals surface area contributed by atoms with Gasteiger partial charge in [-0.3, -0.25) is 72.3 Å². The topological polar surface area (TPSA) is 664 Å². The van der Waals surface area contributed by atoms with Crippen molar-refractivity contribution in [3.63, 3.8) is 0 Å². The summed E-state index contributed by atoms with van der Waals surface area (Å²) in [5.74, 6) is -7.36. The summed E-state index contributed by atoms with van der Waals surface area (Å²) < 4.78 is 107. The van der Waals surface area contributed by atoms with Crippen LogP contribution in [0.2, 0.25) is 0 Å². The summed E-state index contributed by atoms with van der Waals surface area (Å²) >= 11 is 0. The number of hydrogen-bond donors (Lipinski definition) is 19. The van der Waals surface area contributed by atoms with Crippen LogP contribution in [0.4, 0.5) is 17.7 Å². The molecule has 145 heavy (non-hydrogen) atoms. The van der Waals surface area contributed by atoms with E-state index in [1.165, 1.54) is 48.9 Å². The first-order valence-electron chi connectivity index (χ1n) is 46.6. The Kier molecular flexibility index (Phi) is 42.0. The van der Waals surface area contributed by atoms with Crippen LogP contribution >= 0.6 is 0 Å². The van der Waals surface area contributed by atoms with Gasteiger partial charge in [0.15, 0.2) is 11.9 Å². The molecule has 10 aromatic rings. The molecule has 46 nitrogen and oxygen atoms in total. The van der Waals surface area contributed by atoms with Crippen LogP contribution in [0.25, 0.3) is 21.8 Å². The van der Waals surface area contributed by atoms with E-state index in [0.29, 0.717) is 77.4 Å². The fourth-order valence-corrected chi connectivity index (χ4v) is 19.6. The molecule has 776 valence electrons. The van der Waals surface area contributed by atoms with E-state index < -0.39 is 131 Å². The summed E-state index contributed by atoms with van der Waals surface area (Å²) in [6.45, 7) is 11.2. The van der Waals surface area contributed by atoms with Gasteiger partial charge in [-0.1, -0.05) is 65.7 Å². The number of carbonyl (C=O) groups excluding carboxylic acids is 9. The maximum absolute atomic E-state index is 14.0. The number of hydrazone groups is 1. The Bertz CT molecular complexity index is 6780. The number of nitrogens with zero attached hydrogens (tertiary/aromatic N) is 6. The minimum absolute atomic E-state index is 0.0213. The monoisotopic (exact) mass is 2060 g/mol. The molecule has 19 N–H and O–H groups in total. The highest BCUT2D eigenvalue weighted by Gasteiger charge is 2.33. The van der Waals surface area contributed by atoms with E-state index in [4.69, 9.17) is 9.47 Å². The summed E-state index contributed by atoms with van der Waals surface area (Å²) in [6.07, 6.45) is 12.6. The molecule has 3 atom stereocenters. The molecule has 0 aliphatic rings. The maximum atomic E-state index is 14.0. The number of carbonyl (C=O) groups is 11. The van der Waals surface area contributed by atoms with E-state index in [1.807, 2.05) is 0 Å². The molecule has 0 spiro atoms. The minimum atomic E-state index is -4.57. The van der Waals surface area contributed by atoms with Crippen molar-refractivity contribution in [2.24, 2.45) is 5.10 Å². The normalized spacial score (nSPS) is 12.2. The molecule has 5 aromatic heterocycles. The first-order valence-corrected chi connectivity index (χ1v) is 51.0. The van der Waals surface area contributed by atoms with Gasteiger partial charge in [-0.2, -0.15) is 23.0 Å². The summed E-state index contributed by atoms with van der Waals surface area (Å²) in [7, 11) is -13.4. The van der Waals surface area contributed by atoms with Crippen LogP contribution in [0.5, 0.6) is 0 Å². The standard InChI is InChI=1S/C96H120N22O24S3/c1-59-45-61(3)87(62(4)46-59)143(134,135)115-74(93(130)131)55-108-90(127)71-57-117(76-49-65(17-20-69(76)85(71)124)51-110-95-103-35-36-104-95)39-9-29-97-81(120)25-27-83(122)100-32-12-42-141-41-11-31-99-80(119)24-22-73(113-89(126)68-19-23-79(107-53-68)114-112-54-67-15-7-8-16-78(67)145(138,139)140)92(129)102-34-14-44-142-43-13-33-101-84(123)28-26-82(121)98-30-10-40-118-58-72(86(125)70-21-18-66(50-77(70)118)52-111-96-105-37-38-106-96)91(128)109-56-75(94(132)133)116-144(136,137)88-63(5)47-60(2)48-64(88)6/h7-8,15-21,23,35-38,45-50,53-54,57-58,73-75,115-116H,9-14,22,24-34,39-44,51-52,55-56H2,1-6H3,(H,97,120)(H,98,121)(H,99,119)(H,100,122)(H,101,123)(H,102,129)(H,107,114)(H,108,127)(H,109,128)(H,113,126)(H,130,131)(H,132,133)(H2,103,104,110)(H2,105,106,111)(H,138,139,140)/b112-54+/t73-,74-,75-/m0/s1. The van der Waals surface area contributed by atoms with Gasteiger partial charge in [0.1, 0.15) is 40.0 Å². The molecule has 5 heterocycles. The molecule has 0 aliphatic carbocycles. The maximum Gasteiger partial charge on any atom is 0.323 e. The third-order valence-electron chi connectivity index (χ3n) is 22.5. The number of fused-ring (bicyclic) bond motifs is 2. The fourth-order valence-electron chi connectivity index (χ4n) is 15.6. The van der Waals surface area contributed by atoms with Crippen LogP contribution in [0, 0.1) is 41.5 Å². The van der Waals surface area contributed by atoms with Gasteiger partial charge in [0, 0.05) is 197 Å². The highest BCUT2D eigenvalue weighted by Crippen LogP contribution is 2.26. The van der Waals surface area contributed by atoms with Gasteiger partial charge in [-0.15, -0.1) is 0 Å². The van der Waals surface area contributed by atoms with E-state index >= 15 is 0 Å². The number of rotatable bonds is 60. The zero-order valence-electron chi connectivity index (χ0n) is 80.7. The molecule has 5 aromatic carbocycles. The Balaban J connectivity index is 0.617. The number of ether oxygens (including phenoxy) is 2. The molecule has 0 saturated carbocycles. The van der Waals surface area contributed by atoms with Crippen molar-refractivity contribution in [3.05, 3.63) is 228 Å². The third-order valence-corrected chi connectivity index (χ3v) is 27.0. The summed E-state index contributed by atoms with van der Waals surface area (Å²) in [4.78, 5) is 191. The fraction of sp³-hybridized carbons (Fsp3) is 0.385. The van der Waals surface area contributed by atoms with Gasteiger partial charge in [-0.25, -0.2) is 31.8 Å². The Hall–Kier alpha value is -15.0. The molecule has 49 heteroatoms. The predicted molar refractivity (Wildman–Crippen MR) is 536 cm³/mol. The van der Waals surface area contributed by atoms with Crippen molar-refractivity contribution in [3.8, 4) is 0 Å². The number of aromatic amines is 2. The Morgan fingerprint density at radius 1 is 0.469 bits per heavy atom. The lowest BCUT2D eigenvalue weighted by Gasteiger charge is -2.19. The molecule has 10 rings (SSSR count). The number of anilines is 3. The Morgan fingerprint density at radius 2 is 0.876 bits per heavy atom. The van der Waals surface area contributed by atoms with E-state index in [1.54, 1.807) is 142 Å². The van der Waals surface area contributed by atoms with Gasteiger partial charge >= 0.3 is 11.9 Å². The quantitative estimate of drug-likeness (QED) is 0.0110. The average molecular weight is 2060 g/mol. The van der Waals surface area contributed by atoms with Gasteiger partial charge in [0.25, 0.3) is 27.8 Å². The zero-order valence-corrected chi connectivity index (χ0v) is 83.2. The van der Waals surface area contributed by atoms with E-state index in [0.717, 1.165) is 28.5 Å². The van der Waals surface area contributed by atoms with Crippen LogP contribution in [-0.4, -0.2) is 242 Å². The molecule has 0 radical (unpaired) electrons. The Labute approximate surface area is 835 Å². The number of benzene rings is 5. The SMILES string of the molecule is Cc1cc(C)c(S(=O)(=O)N[C@@H](CNC(=O)c2cn(CCCNC(=O)CCC(=O)NCCCOCCCNC(=O)CC[C@H](NC(=O)c3ccc(N/N=C/c4ccccc4S(=O)(=O)O)nc3)C(=O)NCCCOCCCNC(=O)CCC(=O)NCCCn3cc(C(=O)NC[C@H](NS(=O)(=O)c4c(C)cc(C)cc4C)C(=O)O)c(=O)c4ccc(CNc5ncc[nH]5)cc43)c3cc(CNc4ncc[nH]4)ccc3c2=O)C(=O)O)c(C)c1. The summed E-state index contributed by atoms with van der Waals surface area (Å²) in [6, 6.07) is 20.0. The second kappa shape index (κ2) is 54.4. The van der Waals surface area contributed by atoms with E-state index in [2.05, 4.69) is 103 Å². The molecule has 0 aliphatic heterocycles. The number of amides is 9. The van der Waals surface area contributed by atoms with Gasteiger partial charge in [0.2, 0.25) is 66.3 Å². The number of nitrogens with one attached hydrogen (secondary N) is 16. The smallest absolute Gasteiger partial charge is 0.323 e. The van der Waals surface area contributed by atoms with E-state index in [9.17, 15) is 102 Å². The van der Waals surface area contributed by atoms with Crippen molar-refractivity contribution >= 4 is 141 Å². The molecule has 0 fully saturated rings. The first-order chi connectivity index (χ1) is 69.2. The highest BCUT2D eigenvalue weighted by molar-refractivity contribution is 7.90. The molecule has 9 amide bonds. The number of carboxylic acid groups (broad SMARTS) is 2. The number of pyridine rings is 3. The van der Waals surface area contributed by atoms with Crippen molar-refractivity contribution in [1.29, 1.82) is 0 Å². The second-order valence-electron chi connectivity index (χ2n) is 34.1. The van der Waals surface area contributed by atoms with Crippen LogP contribution in [0.3, 0.4) is 0 Å². The number of aromatic nitrogens is 7. The predicted octanol–water partition coefficient (Wildman–Crippen LogP) is 4.16. The van der Waals surface area contributed by atoms with Crippen molar-refractivity contribution in [2.45, 2.75) is 178 Å². The summed E-state index contributed by atoms with van der Waals surface area (Å²) in [5, 5.41) is 54.8. The van der Waals surface area contributed by atoms with Gasteiger partial charge in [-0.05, 0) is 162 Å². The number of aryl methyl sites for hydroxylation is 8. The van der Waals surface area contributed by atoms with Crippen molar-refractivity contribution in [2.75, 3.05) is 94.8 Å². The number of sulfonamides is 2. The van der Waals surface area contributed by atoms with Crippen molar-refractivity contribution in [1.82, 2.24) is 91.3 Å². The summed E-state index contributed by atoms with van der Waals surface area (Å²) in [5.41, 5.74) is 6.16. The first kappa shape index (κ1) is 112. The van der Waals surface area contributed by atoms with Gasteiger partial charge < -0.3 is 97.3 Å². The average Bonchev–Trinajstić information content (AvgIpc) is 0.917. The molecule has 0 saturated heterocycles. The van der Waals surface area contributed by atoms with Crippen LogP contribution in [-0.2, 0) is 104 Å². The van der Waals surface area contributed by atoms with Crippen molar-refractivity contribution < 1.29 is 102 Å².